The van der Waals surface area contributed by atoms with Crippen LogP contribution in [0.5, 0.6) is 5.88 Å². The number of pyridine rings is 1. The number of hydrogen-bond acceptors (Lipinski definition) is 4. The number of benzene rings is 1. The first-order chi connectivity index (χ1) is 9.01. The Bertz CT molecular complexity index is 672. The number of hydrogen-bond donors (Lipinski definition) is 1. The molecule has 1 aromatic carbocycles. The van der Waals surface area contributed by atoms with Crippen LogP contribution in [0.2, 0.25) is 0 Å². The monoisotopic (exact) mass is 282 g/mol. The first-order valence-electron chi connectivity index (χ1n) is 5.31. The maximum Gasteiger partial charge on any atom is 0.263 e. The summed E-state index contributed by atoms with van der Waals surface area (Å²) in [4.78, 5) is 3.89. The fraction of sp³-hybridized carbons (Fsp3) is 0.0833. The highest BCUT2D eigenvalue weighted by atomic mass is 32.2. The molecule has 7 heteroatoms. The Hall–Kier alpha value is -2.15. The highest BCUT2D eigenvalue weighted by Crippen LogP contribution is 2.16. The Morgan fingerprint density at radius 1 is 1.16 bits per heavy atom. The van der Waals surface area contributed by atoms with Gasteiger partial charge in [0.1, 0.15) is 11.6 Å². The molecular weight excluding hydrogens is 271 g/mol. The van der Waals surface area contributed by atoms with Gasteiger partial charge in [-0.1, -0.05) is 6.07 Å². The fourth-order valence-corrected chi connectivity index (χ4v) is 2.40. The molecular formula is C12H11FN2O3S. The van der Waals surface area contributed by atoms with Crippen molar-refractivity contribution >= 4 is 15.8 Å². The first-order valence-corrected chi connectivity index (χ1v) is 6.79. The van der Waals surface area contributed by atoms with Crippen molar-refractivity contribution in [1.82, 2.24) is 4.98 Å². The van der Waals surface area contributed by atoms with Crippen molar-refractivity contribution in [1.29, 1.82) is 0 Å². The van der Waals surface area contributed by atoms with Crippen LogP contribution < -0.4 is 9.46 Å². The number of ether oxygens (including phenoxy) is 1. The molecule has 5 nitrogen and oxygen atoms in total. The summed E-state index contributed by atoms with van der Waals surface area (Å²) in [6.07, 6.45) is 0. The number of anilines is 1. The van der Waals surface area contributed by atoms with E-state index in [-0.39, 0.29) is 10.7 Å². The predicted octanol–water partition coefficient (Wildman–Crippen LogP) is 2.03. The lowest BCUT2D eigenvalue weighted by atomic mass is 10.4. The van der Waals surface area contributed by atoms with E-state index in [1.807, 2.05) is 0 Å². The summed E-state index contributed by atoms with van der Waals surface area (Å²) in [6.45, 7) is 0. The van der Waals surface area contributed by atoms with Crippen LogP contribution in [0.3, 0.4) is 0 Å². The van der Waals surface area contributed by atoms with Crippen molar-refractivity contribution in [3.8, 4) is 5.88 Å². The van der Waals surface area contributed by atoms with Crippen LogP contribution in [0, 0.1) is 5.82 Å². The normalized spacial score (nSPS) is 11.1. The Morgan fingerprint density at radius 3 is 2.47 bits per heavy atom. The smallest absolute Gasteiger partial charge is 0.263 e. The van der Waals surface area contributed by atoms with E-state index in [1.165, 1.54) is 25.3 Å². The molecule has 0 fully saturated rings. The molecule has 0 aliphatic rings. The molecule has 0 atom stereocenters. The molecule has 2 aromatic rings. The van der Waals surface area contributed by atoms with Gasteiger partial charge in [-0.05, 0) is 30.3 Å². The van der Waals surface area contributed by atoms with Crippen molar-refractivity contribution in [2.75, 3.05) is 11.8 Å². The number of nitrogens with one attached hydrogen (secondary N) is 1. The average molecular weight is 282 g/mol. The van der Waals surface area contributed by atoms with Gasteiger partial charge in [0, 0.05) is 6.07 Å². The molecule has 2 rings (SSSR count). The van der Waals surface area contributed by atoms with E-state index in [0.29, 0.717) is 5.88 Å². The molecule has 19 heavy (non-hydrogen) atoms. The molecule has 1 aromatic heterocycles. The largest absolute Gasteiger partial charge is 0.481 e. The number of nitrogens with zero attached hydrogens (tertiary/aromatic N) is 1. The zero-order chi connectivity index (χ0) is 13.9. The standard InChI is InChI=1S/C12H11FN2O3S/c1-18-12-4-2-3-11(14-12)15-19(16,17)10-7-5-9(13)6-8-10/h2-8H,1H3,(H,14,15). The third-order valence-corrected chi connectivity index (χ3v) is 3.67. The quantitative estimate of drug-likeness (QED) is 0.931. The van der Waals surface area contributed by atoms with Crippen LogP contribution in [-0.4, -0.2) is 20.5 Å². The van der Waals surface area contributed by atoms with Crippen molar-refractivity contribution in [2.24, 2.45) is 0 Å². The van der Waals surface area contributed by atoms with Gasteiger partial charge in [-0.2, -0.15) is 4.98 Å². The van der Waals surface area contributed by atoms with Gasteiger partial charge in [-0.15, -0.1) is 0 Å². The van der Waals surface area contributed by atoms with E-state index >= 15 is 0 Å². The second-order valence-electron chi connectivity index (χ2n) is 3.62. The summed E-state index contributed by atoms with van der Waals surface area (Å²) in [5.74, 6) is -0.0820. The van der Waals surface area contributed by atoms with E-state index in [1.54, 1.807) is 12.1 Å². The van der Waals surface area contributed by atoms with Gasteiger partial charge < -0.3 is 4.74 Å². The maximum absolute atomic E-state index is 12.8. The van der Waals surface area contributed by atoms with Gasteiger partial charge in [-0.3, -0.25) is 4.72 Å². The average Bonchev–Trinajstić information content (AvgIpc) is 2.39. The van der Waals surface area contributed by atoms with Crippen molar-refractivity contribution in [3.63, 3.8) is 0 Å². The molecule has 0 aliphatic carbocycles. The highest BCUT2D eigenvalue weighted by molar-refractivity contribution is 7.92. The molecule has 1 heterocycles. The second-order valence-corrected chi connectivity index (χ2v) is 5.31. The van der Waals surface area contributed by atoms with E-state index < -0.39 is 15.8 Å². The maximum atomic E-state index is 12.8. The van der Waals surface area contributed by atoms with Gasteiger partial charge in [0.25, 0.3) is 10.0 Å². The topological polar surface area (TPSA) is 68.3 Å². The summed E-state index contributed by atoms with van der Waals surface area (Å²) in [5.41, 5.74) is 0. The van der Waals surface area contributed by atoms with Crippen LogP contribution in [0.1, 0.15) is 0 Å². The lowest BCUT2D eigenvalue weighted by molar-refractivity contribution is 0.398. The summed E-state index contributed by atoms with van der Waals surface area (Å²) >= 11 is 0. The number of methoxy groups -OCH3 is 1. The van der Waals surface area contributed by atoms with Crippen molar-refractivity contribution < 1.29 is 17.5 Å². The van der Waals surface area contributed by atoms with Crippen LogP contribution in [0.25, 0.3) is 0 Å². The van der Waals surface area contributed by atoms with E-state index in [4.69, 9.17) is 4.74 Å². The van der Waals surface area contributed by atoms with Crippen LogP contribution in [-0.2, 0) is 10.0 Å². The first kappa shape index (κ1) is 13.3. The Labute approximate surface area is 110 Å². The molecule has 1 N–H and O–H groups in total. The second kappa shape index (κ2) is 5.23. The van der Waals surface area contributed by atoms with E-state index in [0.717, 1.165) is 12.1 Å². The third-order valence-electron chi connectivity index (χ3n) is 2.30. The number of rotatable bonds is 4. The molecule has 0 aliphatic heterocycles. The minimum atomic E-state index is -3.79. The molecule has 0 saturated carbocycles. The lowest BCUT2D eigenvalue weighted by Gasteiger charge is -2.08. The fourth-order valence-electron chi connectivity index (χ4n) is 1.40. The predicted molar refractivity (Wildman–Crippen MR) is 68.0 cm³/mol. The number of sulfonamides is 1. The summed E-state index contributed by atoms with van der Waals surface area (Å²) < 4.78 is 43.9. The Balaban J connectivity index is 2.28. The van der Waals surface area contributed by atoms with Gasteiger partial charge in [-0.25, -0.2) is 12.8 Å². The molecule has 0 saturated heterocycles. The minimum absolute atomic E-state index is 0.0430. The van der Waals surface area contributed by atoms with E-state index in [9.17, 15) is 12.8 Å². The van der Waals surface area contributed by atoms with Crippen molar-refractivity contribution in [3.05, 3.63) is 48.3 Å². The molecule has 0 radical (unpaired) electrons. The zero-order valence-corrected chi connectivity index (χ0v) is 10.8. The van der Waals surface area contributed by atoms with Gasteiger partial charge >= 0.3 is 0 Å². The van der Waals surface area contributed by atoms with Crippen LogP contribution in [0.15, 0.2) is 47.4 Å². The van der Waals surface area contributed by atoms with Crippen LogP contribution >= 0.6 is 0 Å². The van der Waals surface area contributed by atoms with Gasteiger partial charge in [0.2, 0.25) is 5.88 Å². The number of aromatic nitrogens is 1. The zero-order valence-electron chi connectivity index (χ0n) is 10.00. The van der Waals surface area contributed by atoms with E-state index in [2.05, 4.69) is 9.71 Å². The Kier molecular flexibility index (Phi) is 3.66. The summed E-state index contributed by atoms with van der Waals surface area (Å²) in [5, 5.41) is 0. The summed E-state index contributed by atoms with van der Waals surface area (Å²) in [6, 6.07) is 9.20. The molecule has 100 valence electrons. The minimum Gasteiger partial charge on any atom is -0.481 e. The third kappa shape index (κ3) is 3.19. The lowest BCUT2D eigenvalue weighted by Crippen LogP contribution is -2.14. The highest BCUT2D eigenvalue weighted by Gasteiger charge is 2.14. The SMILES string of the molecule is COc1cccc(NS(=O)(=O)c2ccc(F)cc2)n1. The Morgan fingerprint density at radius 2 is 1.84 bits per heavy atom. The molecule has 0 bridgehead atoms. The molecule has 0 unspecified atom stereocenters. The summed E-state index contributed by atoms with van der Waals surface area (Å²) in [7, 11) is -2.36. The molecule has 0 amide bonds. The van der Waals surface area contributed by atoms with Crippen LogP contribution in [0.4, 0.5) is 10.2 Å². The van der Waals surface area contributed by atoms with Crippen molar-refractivity contribution in [2.45, 2.75) is 4.90 Å². The van der Waals surface area contributed by atoms with Gasteiger partial charge in [0.15, 0.2) is 0 Å². The number of halogens is 1. The molecule has 0 spiro atoms. The van der Waals surface area contributed by atoms with Gasteiger partial charge in [0.05, 0.1) is 12.0 Å².